The molecule has 1 aromatic heterocycles. The number of hydrogen-bond acceptors (Lipinski definition) is 5. The van der Waals surface area contributed by atoms with Crippen molar-refractivity contribution in [2.45, 2.75) is 25.1 Å². The number of aromatic nitrogens is 2. The smallest absolute Gasteiger partial charge is 0.207 e. The minimum absolute atomic E-state index is 0.544. The minimum Gasteiger partial charge on any atom is -0.296 e. The summed E-state index contributed by atoms with van der Waals surface area (Å²) >= 11 is 9.30. The van der Waals surface area contributed by atoms with Crippen LogP contribution in [0.15, 0.2) is 0 Å². The van der Waals surface area contributed by atoms with Crippen LogP contribution in [0.1, 0.15) is 18.4 Å². The molecule has 1 aliphatic rings. The van der Waals surface area contributed by atoms with Crippen LogP contribution in [-0.2, 0) is 6.54 Å². The Morgan fingerprint density at radius 1 is 1.47 bits per heavy atom. The van der Waals surface area contributed by atoms with Crippen LogP contribution in [0.2, 0.25) is 4.47 Å². The number of thioether (sulfide) groups is 1. The number of hydrogen-bond donors (Lipinski definition) is 0. The molecule has 2 heterocycles. The fourth-order valence-corrected chi connectivity index (χ4v) is 3.54. The molecule has 0 amide bonds. The van der Waals surface area contributed by atoms with Crippen molar-refractivity contribution in [2.75, 3.05) is 18.8 Å². The van der Waals surface area contributed by atoms with Crippen LogP contribution in [0.25, 0.3) is 0 Å². The lowest BCUT2D eigenvalue weighted by Crippen LogP contribution is -2.25. The third kappa shape index (κ3) is 3.59. The summed E-state index contributed by atoms with van der Waals surface area (Å²) in [4.78, 5) is 2.44. The van der Waals surface area contributed by atoms with Crippen molar-refractivity contribution >= 4 is 34.7 Å². The van der Waals surface area contributed by atoms with E-state index in [2.05, 4.69) is 33.8 Å². The molecule has 6 heteroatoms. The molecule has 1 atom stereocenters. The lowest BCUT2D eigenvalue weighted by Gasteiger charge is -2.17. The van der Waals surface area contributed by atoms with Crippen molar-refractivity contribution in [1.82, 2.24) is 15.1 Å². The first kappa shape index (κ1) is 11.6. The summed E-state index contributed by atoms with van der Waals surface area (Å²) in [6.45, 7) is 5.51. The first-order valence-electron chi connectivity index (χ1n) is 5.06. The summed E-state index contributed by atoms with van der Waals surface area (Å²) in [6.07, 6.45) is 1.26. The van der Waals surface area contributed by atoms with E-state index >= 15 is 0 Å². The summed E-state index contributed by atoms with van der Waals surface area (Å²) in [6, 6.07) is 0. The highest BCUT2D eigenvalue weighted by Gasteiger charge is 2.15. The van der Waals surface area contributed by atoms with E-state index in [-0.39, 0.29) is 0 Å². The molecule has 0 spiro atoms. The predicted octanol–water partition coefficient (Wildman–Crippen LogP) is 2.52. The van der Waals surface area contributed by atoms with E-state index in [9.17, 15) is 0 Å². The lowest BCUT2D eigenvalue weighted by atomic mass is 10.3. The molecule has 84 valence electrons. The van der Waals surface area contributed by atoms with Gasteiger partial charge in [0, 0.05) is 17.5 Å². The van der Waals surface area contributed by atoms with Gasteiger partial charge in [-0.3, -0.25) is 4.90 Å². The Hall–Kier alpha value is 0.160. The molecule has 0 bridgehead atoms. The molecule has 3 nitrogen and oxygen atoms in total. The second-order valence-corrected chi connectivity index (χ2v) is 6.89. The molecule has 1 aliphatic heterocycles. The molecule has 1 unspecified atom stereocenters. The highest BCUT2D eigenvalue weighted by Crippen LogP contribution is 2.21. The normalized spacial score (nSPS) is 24.0. The van der Waals surface area contributed by atoms with Gasteiger partial charge in [0.05, 0.1) is 6.54 Å². The Balaban J connectivity index is 1.88. The summed E-state index contributed by atoms with van der Waals surface area (Å²) in [7, 11) is 0. The van der Waals surface area contributed by atoms with Crippen LogP contribution in [0, 0.1) is 0 Å². The van der Waals surface area contributed by atoms with Gasteiger partial charge in [-0.25, -0.2) is 0 Å². The fourth-order valence-electron chi connectivity index (χ4n) is 1.59. The molecule has 0 aliphatic carbocycles. The topological polar surface area (TPSA) is 29.0 Å². The lowest BCUT2D eigenvalue weighted by molar-refractivity contribution is 0.282. The van der Waals surface area contributed by atoms with Crippen LogP contribution in [0.3, 0.4) is 0 Å². The van der Waals surface area contributed by atoms with E-state index in [1.54, 1.807) is 0 Å². The quantitative estimate of drug-likeness (QED) is 0.820. The summed E-state index contributed by atoms with van der Waals surface area (Å²) < 4.78 is 0.544. The second kappa shape index (κ2) is 5.48. The Morgan fingerprint density at radius 3 is 3.07 bits per heavy atom. The van der Waals surface area contributed by atoms with Crippen LogP contribution in [-0.4, -0.2) is 39.2 Å². The van der Waals surface area contributed by atoms with E-state index < -0.39 is 0 Å². The molecule has 0 N–H and O–H groups in total. The van der Waals surface area contributed by atoms with Crippen LogP contribution < -0.4 is 0 Å². The molecule has 0 saturated carbocycles. The van der Waals surface area contributed by atoms with Crippen molar-refractivity contribution in [2.24, 2.45) is 0 Å². The first-order chi connectivity index (χ1) is 7.24. The van der Waals surface area contributed by atoms with Crippen molar-refractivity contribution in [3.8, 4) is 0 Å². The summed E-state index contributed by atoms with van der Waals surface area (Å²) in [5.41, 5.74) is 0. The number of rotatable bonds is 2. The molecular formula is C9H14ClN3S2. The summed E-state index contributed by atoms with van der Waals surface area (Å²) in [5.74, 6) is 1.22. The average Bonchev–Trinajstić information content (AvgIpc) is 2.48. The standard InChI is InChI=1S/C9H14ClN3S2/c1-7-2-3-13(4-5-14-7)6-8-11-12-9(10)15-8/h7H,2-6H2,1H3. The second-order valence-electron chi connectivity index (χ2n) is 3.69. The van der Waals surface area contributed by atoms with E-state index in [0.717, 1.165) is 29.9 Å². The Bertz CT molecular complexity index is 318. The molecule has 1 saturated heterocycles. The van der Waals surface area contributed by atoms with Gasteiger partial charge >= 0.3 is 0 Å². The molecule has 15 heavy (non-hydrogen) atoms. The third-order valence-corrected chi connectivity index (χ3v) is 4.69. The van der Waals surface area contributed by atoms with Gasteiger partial charge in [0.25, 0.3) is 0 Å². The van der Waals surface area contributed by atoms with Crippen molar-refractivity contribution in [3.05, 3.63) is 9.47 Å². The summed E-state index contributed by atoms with van der Waals surface area (Å²) in [5, 5.41) is 9.68. The minimum atomic E-state index is 0.544. The SMILES string of the molecule is CC1CCN(Cc2nnc(Cl)s2)CCS1. The van der Waals surface area contributed by atoms with Crippen LogP contribution in [0.4, 0.5) is 0 Å². The fraction of sp³-hybridized carbons (Fsp3) is 0.778. The zero-order chi connectivity index (χ0) is 10.7. The maximum Gasteiger partial charge on any atom is 0.207 e. The van der Waals surface area contributed by atoms with Crippen LogP contribution >= 0.6 is 34.7 Å². The highest BCUT2D eigenvalue weighted by atomic mass is 35.5. The highest BCUT2D eigenvalue weighted by molar-refractivity contribution is 7.99. The molecule has 1 fully saturated rings. The molecule has 2 rings (SSSR count). The van der Waals surface area contributed by atoms with Gasteiger partial charge in [-0.05, 0) is 24.6 Å². The average molecular weight is 264 g/mol. The van der Waals surface area contributed by atoms with E-state index in [4.69, 9.17) is 11.6 Å². The first-order valence-corrected chi connectivity index (χ1v) is 7.30. The number of halogens is 1. The van der Waals surface area contributed by atoms with Gasteiger partial charge in [-0.2, -0.15) is 11.8 Å². The van der Waals surface area contributed by atoms with E-state index in [0.29, 0.717) is 4.47 Å². The largest absolute Gasteiger partial charge is 0.296 e. The third-order valence-electron chi connectivity index (χ3n) is 2.46. The Morgan fingerprint density at radius 2 is 2.33 bits per heavy atom. The number of nitrogens with zero attached hydrogens (tertiary/aromatic N) is 3. The van der Waals surface area contributed by atoms with Crippen molar-refractivity contribution in [3.63, 3.8) is 0 Å². The van der Waals surface area contributed by atoms with Gasteiger partial charge in [0.1, 0.15) is 5.01 Å². The predicted molar refractivity (Wildman–Crippen MR) is 66.7 cm³/mol. The Labute approximate surface area is 103 Å². The van der Waals surface area contributed by atoms with Crippen LogP contribution in [0.5, 0.6) is 0 Å². The van der Waals surface area contributed by atoms with Gasteiger partial charge in [0.2, 0.25) is 4.47 Å². The van der Waals surface area contributed by atoms with E-state index in [1.165, 1.54) is 23.5 Å². The molecule has 0 radical (unpaired) electrons. The van der Waals surface area contributed by atoms with E-state index in [1.807, 2.05) is 0 Å². The van der Waals surface area contributed by atoms with Gasteiger partial charge in [-0.1, -0.05) is 18.3 Å². The molecular weight excluding hydrogens is 250 g/mol. The van der Waals surface area contributed by atoms with Crippen molar-refractivity contribution < 1.29 is 0 Å². The molecule has 1 aromatic rings. The van der Waals surface area contributed by atoms with Gasteiger partial charge < -0.3 is 0 Å². The zero-order valence-electron chi connectivity index (χ0n) is 8.65. The zero-order valence-corrected chi connectivity index (χ0v) is 11.0. The Kier molecular flexibility index (Phi) is 4.25. The van der Waals surface area contributed by atoms with Gasteiger partial charge in [-0.15, -0.1) is 10.2 Å². The monoisotopic (exact) mass is 263 g/mol. The maximum atomic E-state index is 5.76. The van der Waals surface area contributed by atoms with Gasteiger partial charge in [0.15, 0.2) is 0 Å². The van der Waals surface area contributed by atoms with Crippen molar-refractivity contribution in [1.29, 1.82) is 0 Å². The molecule has 0 aromatic carbocycles. The maximum absolute atomic E-state index is 5.76.